The molecule has 1 fully saturated rings. The summed E-state index contributed by atoms with van der Waals surface area (Å²) < 4.78 is 6.30. The predicted octanol–water partition coefficient (Wildman–Crippen LogP) is 4.31. The lowest BCUT2D eigenvalue weighted by molar-refractivity contribution is 0.0170. The van der Waals surface area contributed by atoms with Crippen LogP contribution in [0.3, 0.4) is 0 Å². The molecule has 2 aromatic carbocycles. The van der Waals surface area contributed by atoms with E-state index in [9.17, 15) is 0 Å². The van der Waals surface area contributed by atoms with Crippen LogP contribution in [0.25, 0.3) is 0 Å². The minimum atomic E-state index is 0.000202. The maximum absolute atomic E-state index is 6.30. The molecule has 0 saturated carbocycles. The summed E-state index contributed by atoms with van der Waals surface area (Å²) in [5, 5.41) is 0.806. The van der Waals surface area contributed by atoms with E-state index in [1.54, 1.807) is 0 Å². The van der Waals surface area contributed by atoms with Crippen molar-refractivity contribution >= 4 is 11.6 Å². The third kappa shape index (κ3) is 2.73. The molecule has 2 heterocycles. The standard InChI is InChI=1S/C19H20ClNO/c20-17-6-7-18-16(12-17)13-19(22-18)8-10-21(11-9-19)14-15-4-2-1-3-5-15/h1-7,12H,8-11,13-14H2. The molecule has 2 aliphatic heterocycles. The van der Waals surface area contributed by atoms with Crippen molar-refractivity contribution in [2.75, 3.05) is 13.1 Å². The molecule has 3 heteroatoms. The molecule has 0 N–H and O–H groups in total. The summed E-state index contributed by atoms with van der Waals surface area (Å²) in [5.74, 6) is 1.03. The Morgan fingerprint density at radius 3 is 2.59 bits per heavy atom. The second-order valence-electron chi connectivity index (χ2n) is 6.48. The maximum Gasteiger partial charge on any atom is 0.123 e. The maximum atomic E-state index is 6.30. The third-order valence-electron chi connectivity index (χ3n) is 4.88. The van der Waals surface area contributed by atoms with Crippen LogP contribution in [0.1, 0.15) is 24.0 Å². The molecule has 1 spiro atoms. The van der Waals surface area contributed by atoms with Crippen LogP contribution in [0.15, 0.2) is 48.5 Å². The van der Waals surface area contributed by atoms with E-state index in [0.29, 0.717) is 0 Å². The van der Waals surface area contributed by atoms with Gasteiger partial charge in [0.15, 0.2) is 0 Å². The smallest absolute Gasteiger partial charge is 0.123 e. The first-order valence-electron chi connectivity index (χ1n) is 7.96. The fraction of sp³-hybridized carbons (Fsp3) is 0.368. The normalized spacial score (nSPS) is 19.9. The van der Waals surface area contributed by atoms with Gasteiger partial charge in [0, 0.05) is 43.9 Å². The number of ether oxygens (including phenoxy) is 1. The number of hydrogen-bond donors (Lipinski definition) is 0. The number of piperidine rings is 1. The first kappa shape index (κ1) is 14.1. The summed E-state index contributed by atoms with van der Waals surface area (Å²) in [6.45, 7) is 3.23. The van der Waals surface area contributed by atoms with Crippen LogP contribution in [0.4, 0.5) is 0 Å². The van der Waals surface area contributed by atoms with Gasteiger partial charge in [-0.2, -0.15) is 0 Å². The van der Waals surface area contributed by atoms with Gasteiger partial charge in [0.25, 0.3) is 0 Å². The summed E-state index contributed by atoms with van der Waals surface area (Å²) in [6, 6.07) is 16.7. The molecule has 2 aliphatic rings. The van der Waals surface area contributed by atoms with Crippen molar-refractivity contribution < 1.29 is 4.74 Å². The van der Waals surface area contributed by atoms with Gasteiger partial charge >= 0.3 is 0 Å². The molecule has 1 saturated heterocycles. The van der Waals surface area contributed by atoms with E-state index in [2.05, 4.69) is 41.3 Å². The lowest BCUT2D eigenvalue weighted by Crippen LogP contribution is -2.46. The van der Waals surface area contributed by atoms with Crippen LogP contribution in [0.5, 0.6) is 5.75 Å². The molecule has 0 amide bonds. The van der Waals surface area contributed by atoms with Crippen LogP contribution in [0.2, 0.25) is 5.02 Å². The summed E-state index contributed by atoms with van der Waals surface area (Å²) in [5.41, 5.74) is 2.66. The van der Waals surface area contributed by atoms with Crippen LogP contribution in [0, 0.1) is 0 Å². The van der Waals surface area contributed by atoms with E-state index in [0.717, 1.165) is 49.7 Å². The van der Waals surface area contributed by atoms with E-state index in [-0.39, 0.29) is 5.60 Å². The predicted molar refractivity (Wildman–Crippen MR) is 89.5 cm³/mol. The number of hydrogen-bond acceptors (Lipinski definition) is 2. The van der Waals surface area contributed by atoms with Gasteiger partial charge in [0.05, 0.1) is 0 Å². The minimum absolute atomic E-state index is 0.000202. The van der Waals surface area contributed by atoms with Gasteiger partial charge in [-0.25, -0.2) is 0 Å². The van der Waals surface area contributed by atoms with Crippen molar-refractivity contribution in [2.24, 2.45) is 0 Å². The first-order valence-corrected chi connectivity index (χ1v) is 8.34. The van der Waals surface area contributed by atoms with Crippen molar-refractivity contribution in [2.45, 2.75) is 31.4 Å². The third-order valence-corrected chi connectivity index (χ3v) is 5.11. The Labute approximate surface area is 136 Å². The van der Waals surface area contributed by atoms with Crippen LogP contribution < -0.4 is 4.74 Å². The monoisotopic (exact) mass is 313 g/mol. The highest BCUT2D eigenvalue weighted by atomic mass is 35.5. The second-order valence-corrected chi connectivity index (χ2v) is 6.91. The van der Waals surface area contributed by atoms with Crippen molar-refractivity contribution in [1.29, 1.82) is 0 Å². The SMILES string of the molecule is Clc1ccc2c(c1)CC1(CCN(Cc3ccccc3)CC1)O2. The average Bonchev–Trinajstić information content (AvgIpc) is 2.88. The van der Waals surface area contributed by atoms with Crippen molar-refractivity contribution in [1.82, 2.24) is 4.90 Å². The summed E-state index contributed by atoms with van der Waals surface area (Å²) in [6.07, 6.45) is 3.18. The van der Waals surface area contributed by atoms with Crippen molar-refractivity contribution in [3.8, 4) is 5.75 Å². The van der Waals surface area contributed by atoms with E-state index >= 15 is 0 Å². The largest absolute Gasteiger partial charge is 0.487 e. The van der Waals surface area contributed by atoms with Gasteiger partial charge in [0.1, 0.15) is 11.4 Å². The first-order chi connectivity index (χ1) is 10.7. The van der Waals surface area contributed by atoms with Crippen LogP contribution in [-0.2, 0) is 13.0 Å². The second kappa shape index (κ2) is 5.60. The highest BCUT2D eigenvalue weighted by Crippen LogP contribution is 2.42. The molecule has 114 valence electrons. The lowest BCUT2D eigenvalue weighted by atomic mass is 9.87. The number of rotatable bonds is 2. The van der Waals surface area contributed by atoms with E-state index in [1.165, 1.54) is 11.1 Å². The topological polar surface area (TPSA) is 12.5 Å². The van der Waals surface area contributed by atoms with E-state index < -0.39 is 0 Å². The number of halogens is 1. The van der Waals surface area contributed by atoms with E-state index in [1.807, 2.05) is 12.1 Å². The Bertz CT molecular complexity index is 662. The number of nitrogens with zero attached hydrogens (tertiary/aromatic N) is 1. The van der Waals surface area contributed by atoms with E-state index in [4.69, 9.17) is 16.3 Å². The fourth-order valence-electron chi connectivity index (χ4n) is 3.64. The molecule has 0 atom stereocenters. The van der Waals surface area contributed by atoms with Gasteiger partial charge in [-0.15, -0.1) is 0 Å². The van der Waals surface area contributed by atoms with Gasteiger partial charge in [0.2, 0.25) is 0 Å². The zero-order chi connectivity index (χ0) is 15.0. The summed E-state index contributed by atoms with van der Waals surface area (Å²) in [7, 11) is 0. The van der Waals surface area contributed by atoms with Gasteiger partial charge in [-0.3, -0.25) is 4.90 Å². The Balaban J connectivity index is 1.40. The molecule has 22 heavy (non-hydrogen) atoms. The number of fused-ring (bicyclic) bond motifs is 1. The van der Waals surface area contributed by atoms with Crippen LogP contribution in [-0.4, -0.2) is 23.6 Å². The van der Waals surface area contributed by atoms with Crippen LogP contribution >= 0.6 is 11.6 Å². The molecule has 0 bridgehead atoms. The molecule has 2 nitrogen and oxygen atoms in total. The Hall–Kier alpha value is -1.51. The summed E-state index contributed by atoms with van der Waals surface area (Å²) in [4.78, 5) is 2.53. The average molecular weight is 314 g/mol. The molecule has 0 aliphatic carbocycles. The van der Waals surface area contributed by atoms with Crippen molar-refractivity contribution in [3.63, 3.8) is 0 Å². The molecular formula is C19H20ClNO. The minimum Gasteiger partial charge on any atom is -0.487 e. The Morgan fingerprint density at radius 1 is 1.05 bits per heavy atom. The molecule has 0 radical (unpaired) electrons. The zero-order valence-electron chi connectivity index (χ0n) is 12.6. The Morgan fingerprint density at radius 2 is 1.82 bits per heavy atom. The lowest BCUT2D eigenvalue weighted by Gasteiger charge is -2.38. The van der Waals surface area contributed by atoms with Gasteiger partial charge < -0.3 is 4.74 Å². The highest BCUT2D eigenvalue weighted by molar-refractivity contribution is 6.30. The molecule has 4 rings (SSSR count). The summed E-state index contributed by atoms with van der Waals surface area (Å²) >= 11 is 6.10. The molecule has 0 unspecified atom stereocenters. The quantitative estimate of drug-likeness (QED) is 0.819. The Kier molecular flexibility index (Phi) is 3.59. The number of likely N-dealkylation sites (tertiary alicyclic amines) is 1. The molecule has 0 aromatic heterocycles. The molecular weight excluding hydrogens is 294 g/mol. The molecule has 2 aromatic rings. The van der Waals surface area contributed by atoms with Crippen molar-refractivity contribution in [3.05, 3.63) is 64.7 Å². The van der Waals surface area contributed by atoms with Gasteiger partial charge in [-0.05, 0) is 29.3 Å². The fourth-order valence-corrected chi connectivity index (χ4v) is 3.84. The number of benzene rings is 2. The zero-order valence-corrected chi connectivity index (χ0v) is 13.4. The highest BCUT2D eigenvalue weighted by Gasteiger charge is 2.41. The van der Waals surface area contributed by atoms with Gasteiger partial charge in [-0.1, -0.05) is 41.9 Å².